The summed E-state index contributed by atoms with van der Waals surface area (Å²) in [6.07, 6.45) is -3.04. The van der Waals surface area contributed by atoms with Crippen LogP contribution in [-0.4, -0.2) is 46.0 Å². The zero-order valence-electron chi connectivity index (χ0n) is 18.0. The van der Waals surface area contributed by atoms with E-state index in [9.17, 15) is 26.0 Å². The average molecular weight is 498 g/mol. The molecule has 0 spiro atoms. The summed E-state index contributed by atoms with van der Waals surface area (Å²) in [5.74, 6) is 0.269. The Balaban J connectivity index is 1.44. The zero-order valence-corrected chi connectivity index (χ0v) is 18.8. The molecule has 0 radical (unpaired) electrons. The molecular formula is C23H23F4N3O3S. The molecule has 34 heavy (non-hydrogen) atoms. The van der Waals surface area contributed by atoms with Gasteiger partial charge in [-0.25, -0.2) is 17.5 Å². The molecule has 2 aromatic carbocycles. The standard InChI is InChI=1S/C23H23F4N3O3S/c24-18-5-7-19(8-6-18)29-11-13-30(14-12-29)21(22-2-1-15-33-22)16-28-34(31,32)20-9-3-17(4-10-20)23(25,26)27/h1-10,15,21,28H,11-14,16H2. The topological polar surface area (TPSA) is 65.8 Å². The van der Waals surface area contributed by atoms with E-state index >= 15 is 0 Å². The highest BCUT2D eigenvalue weighted by molar-refractivity contribution is 7.89. The number of rotatable bonds is 7. The summed E-state index contributed by atoms with van der Waals surface area (Å²) in [6.45, 7) is 2.48. The fraction of sp³-hybridized carbons (Fsp3) is 0.304. The molecule has 1 atom stereocenters. The normalized spacial score (nSPS) is 16.5. The Morgan fingerprint density at radius 1 is 0.941 bits per heavy atom. The van der Waals surface area contributed by atoms with Crippen molar-refractivity contribution in [2.24, 2.45) is 0 Å². The molecule has 0 saturated carbocycles. The maximum atomic E-state index is 13.2. The molecule has 3 aromatic rings. The van der Waals surface area contributed by atoms with Crippen molar-refractivity contribution in [1.29, 1.82) is 0 Å². The summed E-state index contributed by atoms with van der Waals surface area (Å²) in [5.41, 5.74) is -0.0162. The highest BCUT2D eigenvalue weighted by atomic mass is 32.2. The second kappa shape index (κ2) is 9.77. The maximum absolute atomic E-state index is 13.2. The summed E-state index contributed by atoms with van der Waals surface area (Å²) >= 11 is 0. The number of hydrogen-bond acceptors (Lipinski definition) is 5. The van der Waals surface area contributed by atoms with Crippen molar-refractivity contribution < 1.29 is 30.4 Å². The molecule has 1 unspecified atom stereocenters. The first kappa shape index (κ1) is 24.2. The van der Waals surface area contributed by atoms with Crippen LogP contribution in [0.3, 0.4) is 0 Å². The lowest BCUT2D eigenvalue weighted by Crippen LogP contribution is -2.49. The van der Waals surface area contributed by atoms with Crippen LogP contribution in [0.4, 0.5) is 23.2 Å². The SMILES string of the molecule is O=S(=O)(NCC(c1ccco1)N1CCN(c2ccc(F)cc2)CC1)c1ccc(C(F)(F)F)cc1. The summed E-state index contributed by atoms with van der Waals surface area (Å²) in [7, 11) is -4.04. The molecule has 1 fully saturated rings. The van der Waals surface area contributed by atoms with Crippen LogP contribution in [0, 0.1) is 5.82 Å². The number of hydrogen-bond donors (Lipinski definition) is 1. The number of alkyl halides is 3. The number of halogens is 4. The Morgan fingerprint density at radius 3 is 2.15 bits per heavy atom. The lowest BCUT2D eigenvalue weighted by Gasteiger charge is -2.39. The third kappa shape index (κ3) is 5.60. The summed E-state index contributed by atoms with van der Waals surface area (Å²) in [6, 6.07) is 12.7. The molecule has 1 saturated heterocycles. The first-order valence-corrected chi connectivity index (χ1v) is 12.1. The van der Waals surface area contributed by atoms with Crippen LogP contribution in [0.15, 0.2) is 76.2 Å². The van der Waals surface area contributed by atoms with Gasteiger partial charge >= 0.3 is 6.18 Å². The van der Waals surface area contributed by atoms with Crippen molar-refractivity contribution >= 4 is 15.7 Å². The van der Waals surface area contributed by atoms with E-state index in [0.717, 1.165) is 30.0 Å². The maximum Gasteiger partial charge on any atom is 0.416 e. The lowest BCUT2D eigenvalue weighted by atomic mass is 10.1. The fourth-order valence-electron chi connectivity index (χ4n) is 3.93. The van der Waals surface area contributed by atoms with Crippen molar-refractivity contribution in [3.8, 4) is 0 Å². The Bertz CT molecular complexity index is 1170. The molecule has 0 amide bonds. The average Bonchev–Trinajstić information content (AvgIpc) is 3.34. The predicted molar refractivity (Wildman–Crippen MR) is 118 cm³/mol. The van der Waals surface area contributed by atoms with Crippen molar-refractivity contribution in [2.75, 3.05) is 37.6 Å². The van der Waals surface area contributed by atoms with Crippen LogP contribution in [0.25, 0.3) is 0 Å². The van der Waals surface area contributed by atoms with E-state index in [0.29, 0.717) is 31.9 Å². The van der Waals surface area contributed by atoms with Crippen molar-refractivity contribution in [2.45, 2.75) is 17.1 Å². The van der Waals surface area contributed by atoms with Gasteiger partial charge in [0.25, 0.3) is 0 Å². The lowest BCUT2D eigenvalue weighted by molar-refractivity contribution is -0.137. The minimum absolute atomic E-state index is 0.0204. The van der Waals surface area contributed by atoms with Crippen LogP contribution in [0.5, 0.6) is 0 Å². The molecular weight excluding hydrogens is 474 g/mol. The van der Waals surface area contributed by atoms with Gasteiger partial charge in [0.05, 0.1) is 22.8 Å². The van der Waals surface area contributed by atoms with Crippen LogP contribution in [-0.2, 0) is 16.2 Å². The monoisotopic (exact) mass is 497 g/mol. The zero-order chi connectivity index (χ0) is 24.3. The van der Waals surface area contributed by atoms with Gasteiger partial charge < -0.3 is 9.32 Å². The second-order valence-corrected chi connectivity index (χ2v) is 9.67. The van der Waals surface area contributed by atoms with Gasteiger partial charge in [-0.15, -0.1) is 0 Å². The van der Waals surface area contributed by atoms with Crippen LogP contribution in [0.1, 0.15) is 17.4 Å². The number of nitrogens with one attached hydrogen (secondary N) is 1. The van der Waals surface area contributed by atoms with E-state index in [1.165, 1.54) is 18.4 Å². The first-order chi connectivity index (χ1) is 16.1. The second-order valence-electron chi connectivity index (χ2n) is 7.90. The van der Waals surface area contributed by atoms with Crippen LogP contribution < -0.4 is 9.62 Å². The molecule has 11 heteroatoms. The molecule has 1 aliphatic rings. The third-order valence-corrected chi connectivity index (χ3v) is 7.22. The van der Waals surface area contributed by atoms with Gasteiger partial charge in [-0.1, -0.05) is 0 Å². The van der Waals surface area contributed by atoms with Gasteiger partial charge in [0.1, 0.15) is 11.6 Å². The Labute approximate surface area is 194 Å². The summed E-state index contributed by atoms with van der Waals surface area (Å²) in [5, 5.41) is 0. The largest absolute Gasteiger partial charge is 0.468 e. The Morgan fingerprint density at radius 2 is 1.59 bits per heavy atom. The molecule has 182 valence electrons. The van der Waals surface area contributed by atoms with Crippen molar-refractivity contribution in [3.63, 3.8) is 0 Å². The minimum atomic E-state index is -4.55. The molecule has 0 aliphatic carbocycles. The van der Waals surface area contributed by atoms with E-state index in [1.54, 1.807) is 24.3 Å². The third-order valence-electron chi connectivity index (χ3n) is 5.78. The molecule has 0 bridgehead atoms. The number of benzene rings is 2. The summed E-state index contributed by atoms with van der Waals surface area (Å²) < 4.78 is 85.1. The Kier molecular flexibility index (Phi) is 6.96. The number of piperazine rings is 1. The van der Waals surface area contributed by atoms with Gasteiger partial charge in [-0.05, 0) is 60.7 Å². The predicted octanol–water partition coefficient (Wildman–Crippen LogP) is 4.28. The first-order valence-electron chi connectivity index (χ1n) is 10.6. The Hall–Kier alpha value is -2.89. The highest BCUT2D eigenvalue weighted by Crippen LogP contribution is 2.30. The molecule has 1 N–H and O–H groups in total. The van der Waals surface area contributed by atoms with Crippen molar-refractivity contribution in [1.82, 2.24) is 9.62 Å². The fourth-order valence-corrected chi connectivity index (χ4v) is 4.97. The van der Waals surface area contributed by atoms with E-state index in [-0.39, 0.29) is 17.3 Å². The van der Waals surface area contributed by atoms with Gasteiger partial charge in [-0.3, -0.25) is 4.90 Å². The van der Waals surface area contributed by atoms with E-state index < -0.39 is 27.8 Å². The molecule has 6 nitrogen and oxygen atoms in total. The molecule has 2 heterocycles. The number of nitrogens with zero attached hydrogens (tertiary/aromatic N) is 2. The number of furan rings is 1. The van der Waals surface area contributed by atoms with E-state index in [4.69, 9.17) is 4.42 Å². The molecule has 1 aliphatic heterocycles. The van der Waals surface area contributed by atoms with Crippen molar-refractivity contribution in [3.05, 3.63) is 84.1 Å². The highest BCUT2D eigenvalue weighted by Gasteiger charge is 2.31. The quantitative estimate of drug-likeness (QED) is 0.494. The smallest absolute Gasteiger partial charge is 0.416 e. The minimum Gasteiger partial charge on any atom is -0.468 e. The van der Waals surface area contributed by atoms with Gasteiger partial charge in [-0.2, -0.15) is 13.2 Å². The van der Waals surface area contributed by atoms with E-state index in [1.807, 2.05) is 0 Å². The van der Waals surface area contributed by atoms with Crippen LogP contribution >= 0.6 is 0 Å². The molecule has 1 aromatic heterocycles. The number of anilines is 1. The van der Waals surface area contributed by atoms with E-state index in [2.05, 4.69) is 14.5 Å². The molecule has 4 rings (SSSR count). The van der Waals surface area contributed by atoms with Gasteiger partial charge in [0.15, 0.2) is 0 Å². The van der Waals surface area contributed by atoms with Gasteiger partial charge in [0, 0.05) is 38.4 Å². The van der Waals surface area contributed by atoms with Gasteiger partial charge in [0.2, 0.25) is 10.0 Å². The number of sulfonamides is 1. The summed E-state index contributed by atoms with van der Waals surface area (Å²) in [4.78, 5) is 3.94. The van der Waals surface area contributed by atoms with Crippen LogP contribution in [0.2, 0.25) is 0 Å².